The minimum Gasteiger partial charge on any atom is -0.489 e. The molecule has 1 heterocycles. The normalized spacial score (nSPS) is 14.9. The molecule has 0 saturated carbocycles. The maximum atomic E-state index is 13.0. The van der Waals surface area contributed by atoms with Crippen LogP contribution in [-0.2, 0) is 17.8 Å². The summed E-state index contributed by atoms with van der Waals surface area (Å²) >= 11 is 6.78. The zero-order valence-electron chi connectivity index (χ0n) is 17.4. The van der Waals surface area contributed by atoms with Crippen LogP contribution in [0.3, 0.4) is 0 Å². The number of nitrogens with zero attached hydrogens (tertiary/aromatic N) is 1. The SMILES string of the molecule is O=C1C(=Cc2ccc(OCc3ccc(F)cc3)cc2)SC(=S)N1CCCc1ccccc1. The summed E-state index contributed by atoms with van der Waals surface area (Å²) in [6.07, 6.45) is 3.64. The molecule has 162 valence electrons. The molecule has 1 aliphatic rings. The number of benzene rings is 3. The average Bonchev–Trinajstić information content (AvgIpc) is 3.08. The molecule has 0 unspecified atom stereocenters. The Labute approximate surface area is 196 Å². The Hall–Kier alpha value is -2.96. The first-order valence-corrected chi connectivity index (χ1v) is 11.6. The molecular formula is C26H22FNO2S2. The van der Waals surface area contributed by atoms with E-state index in [0.717, 1.165) is 24.0 Å². The van der Waals surface area contributed by atoms with Gasteiger partial charge >= 0.3 is 0 Å². The van der Waals surface area contributed by atoms with E-state index in [2.05, 4.69) is 12.1 Å². The van der Waals surface area contributed by atoms with E-state index in [0.29, 0.717) is 28.1 Å². The molecule has 0 atom stereocenters. The first-order chi connectivity index (χ1) is 15.6. The summed E-state index contributed by atoms with van der Waals surface area (Å²) in [5.74, 6) is 0.407. The molecule has 0 N–H and O–H groups in total. The molecule has 6 heteroatoms. The summed E-state index contributed by atoms with van der Waals surface area (Å²) in [5, 5.41) is 0. The smallest absolute Gasteiger partial charge is 0.266 e. The summed E-state index contributed by atoms with van der Waals surface area (Å²) in [4.78, 5) is 15.1. The molecule has 3 aromatic rings. The van der Waals surface area contributed by atoms with Gasteiger partial charge < -0.3 is 4.74 Å². The number of rotatable bonds is 8. The minimum absolute atomic E-state index is 0.0373. The Morgan fingerprint density at radius 1 is 0.938 bits per heavy atom. The summed E-state index contributed by atoms with van der Waals surface area (Å²) in [6.45, 7) is 0.980. The topological polar surface area (TPSA) is 29.5 Å². The van der Waals surface area contributed by atoms with Gasteiger partial charge in [-0.05, 0) is 59.9 Å². The van der Waals surface area contributed by atoms with Crippen molar-refractivity contribution in [1.82, 2.24) is 4.90 Å². The fraction of sp³-hybridized carbons (Fsp3) is 0.154. The summed E-state index contributed by atoms with van der Waals surface area (Å²) in [6, 6.07) is 24.0. The predicted octanol–water partition coefficient (Wildman–Crippen LogP) is 6.24. The van der Waals surface area contributed by atoms with E-state index >= 15 is 0 Å². The van der Waals surface area contributed by atoms with Gasteiger partial charge in [-0.1, -0.05) is 78.6 Å². The van der Waals surface area contributed by atoms with Gasteiger partial charge in [0.05, 0.1) is 4.91 Å². The molecule has 32 heavy (non-hydrogen) atoms. The van der Waals surface area contributed by atoms with Crippen LogP contribution in [0.4, 0.5) is 4.39 Å². The molecule has 0 radical (unpaired) electrons. The van der Waals surface area contributed by atoms with E-state index in [9.17, 15) is 9.18 Å². The van der Waals surface area contributed by atoms with Crippen LogP contribution >= 0.6 is 24.0 Å². The van der Waals surface area contributed by atoms with Gasteiger partial charge in [-0.15, -0.1) is 0 Å². The second-order valence-electron chi connectivity index (χ2n) is 7.41. The lowest BCUT2D eigenvalue weighted by molar-refractivity contribution is -0.122. The van der Waals surface area contributed by atoms with E-state index in [4.69, 9.17) is 17.0 Å². The van der Waals surface area contributed by atoms with Crippen LogP contribution in [0.25, 0.3) is 6.08 Å². The number of thioether (sulfide) groups is 1. The number of carbonyl (C=O) groups excluding carboxylic acids is 1. The Kier molecular flexibility index (Phi) is 7.35. The van der Waals surface area contributed by atoms with Gasteiger partial charge in [0.1, 0.15) is 22.5 Å². The van der Waals surface area contributed by atoms with E-state index in [1.807, 2.05) is 48.5 Å². The van der Waals surface area contributed by atoms with Crippen molar-refractivity contribution in [3.8, 4) is 5.75 Å². The van der Waals surface area contributed by atoms with Gasteiger partial charge in [-0.25, -0.2) is 4.39 Å². The van der Waals surface area contributed by atoms with Crippen LogP contribution in [0.2, 0.25) is 0 Å². The van der Waals surface area contributed by atoms with Crippen LogP contribution in [0.1, 0.15) is 23.1 Å². The highest BCUT2D eigenvalue weighted by atomic mass is 32.2. The fourth-order valence-corrected chi connectivity index (χ4v) is 4.65. The molecule has 1 aliphatic heterocycles. The van der Waals surface area contributed by atoms with Crippen molar-refractivity contribution in [2.24, 2.45) is 0 Å². The molecular weight excluding hydrogens is 441 g/mol. The third-order valence-electron chi connectivity index (χ3n) is 5.06. The highest BCUT2D eigenvalue weighted by Gasteiger charge is 2.31. The van der Waals surface area contributed by atoms with Crippen molar-refractivity contribution >= 4 is 40.3 Å². The number of ether oxygens (including phenoxy) is 1. The monoisotopic (exact) mass is 463 g/mol. The number of halogens is 1. The fourth-order valence-electron chi connectivity index (χ4n) is 3.34. The van der Waals surface area contributed by atoms with Gasteiger partial charge in [0.2, 0.25) is 0 Å². The maximum Gasteiger partial charge on any atom is 0.266 e. The first-order valence-electron chi connectivity index (χ1n) is 10.3. The van der Waals surface area contributed by atoms with Crippen molar-refractivity contribution in [3.05, 3.63) is 106 Å². The largest absolute Gasteiger partial charge is 0.489 e. The number of hydrogen-bond donors (Lipinski definition) is 0. The lowest BCUT2D eigenvalue weighted by Crippen LogP contribution is -2.29. The van der Waals surface area contributed by atoms with Crippen molar-refractivity contribution in [2.45, 2.75) is 19.4 Å². The zero-order valence-corrected chi connectivity index (χ0v) is 19.0. The molecule has 4 rings (SSSR count). The van der Waals surface area contributed by atoms with E-state index < -0.39 is 0 Å². The molecule has 1 saturated heterocycles. The second-order valence-corrected chi connectivity index (χ2v) is 9.08. The van der Waals surface area contributed by atoms with Crippen LogP contribution < -0.4 is 4.74 Å². The lowest BCUT2D eigenvalue weighted by atomic mass is 10.1. The Morgan fingerprint density at radius 3 is 2.38 bits per heavy atom. The van der Waals surface area contributed by atoms with Gasteiger partial charge in [0.25, 0.3) is 5.91 Å². The molecule has 1 amide bonds. The van der Waals surface area contributed by atoms with Crippen LogP contribution in [0.5, 0.6) is 5.75 Å². The summed E-state index contributed by atoms with van der Waals surface area (Å²) in [5.41, 5.74) is 3.06. The summed E-state index contributed by atoms with van der Waals surface area (Å²) < 4.78 is 19.3. The molecule has 0 aliphatic carbocycles. The Morgan fingerprint density at radius 2 is 1.66 bits per heavy atom. The van der Waals surface area contributed by atoms with E-state index in [1.165, 1.54) is 29.5 Å². The van der Waals surface area contributed by atoms with E-state index in [1.54, 1.807) is 17.0 Å². The average molecular weight is 464 g/mol. The number of hydrogen-bond acceptors (Lipinski definition) is 4. The number of amides is 1. The van der Waals surface area contributed by atoms with E-state index in [-0.39, 0.29) is 11.7 Å². The lowest BCUT2D eigenvalue weighted by Gasteiger charge is -2.14. The van der Waals surface area contributed by atoms with Crippen molar-refractivity contribution < 1.29 is 13.9 Å². The van der Waals surface area contributed by atoms with Gasteiger partial charge in [-0.3, -0.25) is 9.69 Å². The van der Waals surface area contributed by atoms with Crippen LogP contribution in [-0.4, -0.2) is 21.7 Å². The molecule has 0 bridgehead atoms. The first kappa shape index (κ1) is 22.2. The van der Waals surface area contributed by atoms with Crippen molar-refractivity contribution in [2.75, 3.05) is 6.54 Å². The Bertz CT molecular complexity index is 1110. The number of carbonyl (C=O) groups is 1. The van der Waals surface area contributed by atoms with Gasteiger partial charge in [0, 0.05) is 6.54 Å². The van der Waals surface area contributed by atoms with Crippen LogP contribution in [0.15, 0.2) is 83.8 Å². The van der Waals surface area contributed by atoms with Crippen LogP contribution in [0, 0.1) is 5.82 Å². The predicted molar refractivity (Wildman–Crippen MR) is 132 cm³/mol. The summed E-state index contributed by atoms with van der Waals surface area (Å²) in [7, 11) is 0. The molecule has 3 nitrogen and oxygen atoms in total. The molecule has 1 fully saturated rings. The second kappa shape index (κ2) is 10.6. The molecule has 0 aromatic heterocycles. The van der Waals surface area contributed by atoms with Gasteiger partial charge in [0.15, 0.2) is 0 Å². The number of aryl methyl sites for hydroxylation is 1. The maximum absolute atomic E-state index is 13.0. The number of thiocarbonyl (C=S) groups is 1. The zero-order chi connectivity index (χ0) is 22.3. The Balaban J connectivity index is 1.32. The minimum atomic E-state index is -0.264. The highest BCUT2D eigenvalue weighted by molar-refractivity contribution is 8.26. The van der Waals surface area contributed by atoms with Crippen molar-refractivity contribution in [3.63, 3.8) is 0 Å². The van der Waals surface area contributed by atoms with Gasteiger partial charge in [-0.2, -0.15) is 0 Å². The quantitative estimate of drug-likeness (QED) is 0.292. The third kappa shape index (κ3) is 5.84. The highest BCUT2D eigenvalue weighted by Crippen LogP contribution is 2.33. The standard InChI is InChI=1S/C26H22FNO2S2/c27-22-12-8-21(9-13-22)18-30-23-14-10-20(11-15-23)17-24-25(29)28(26(31)32-24)16-4-7-19-5-2-1-3-6-19/h1-3,5-6,8-15,17H,4,7,16,18H2. The third-order valence-corrected chi connectivity index (χ3v) is 6.44. The molecule has 3 aromatic carbocycles. The molecule has 0 spiro atoms. The van der Waals surface area contributed by atoms with Crippen molar-refractivity contribution in [1.29, 1.82) is 0 Å².